The molecule has 0 aliphatic carbocycles. The summed E-state index contributed by atoms with van der Waals surface area (Å²) in [5, 5.41) is 20.3. The zero-order chi connectivity index (χ0) is 22.7. The van der Waals surface area contributed by atoms with Gasteiger partial charge in [0.2, 0.25) is 0 Å². The molecule has 10 heteroatoms. The van der Waals surface area contributed by atoms with E-state index in [-0.39, 0.29) is 12.1 Å². The Balaban J connectivity index is 1.50. The summed E-state index contributed by atoms with van der Waals surface area (Å²) in [7, 11) is 1.79. The summed E-state index contributed by atoms with van der Waals surface area (Å²) in [4.78, 5) is 14.5. The quantitative estimate of drug-likeness (QED) is 0.478. The van der Waals surface area contributed by atoms with Crippen LogP contribution in [0.15, 0.2) is 48.7 Å². The number of aliphatic hydroxyl groups excluding tert-OH is 1. The van der Waals surface area contributed by atoms with Gasteiger partial charge in [-0.05, 0) is 42.5 Å². The average Bonchev–Trinajstić information content (AvgIpc) is 3.07. The van der Waals surface area contributed by atoms with E-state index in [0.29, 0.717) is 64.7 Å². The SMILES string of the molecule is Cn1ncc(Cl)c1-c1cc(NC(=O)Nc2ccc(Cl)cc2)ccc1OCCN1CC(O)C1. The topological polar surface area (TPSA) is 91.7 Å². The molecule has 0 unspecified atom stereocenters. The van der Waals surface area contributed by atoms with Gasteiger partial charge in [-0.25, -0.2) is 4.79 Å². The van der Waals surface area contributed by atoms with E-state index in [1.54, 1.807) is 60.4 Å². The minimum absolute atomic E-state index is 0.247. The van der Waals surface area contributed by atoms with Gasteiger partial charge in [0.1, 0.15) is 12.4 Å². The lowest BCUT2D eigenvalue weighted by Crippen LogP contribution is -2.51. The molecule has 168 valence electrons. The number of ether oxygens (including phenoxy) is 1. The van der Waals surface area contributed by atoms with Crippen LogP contribution >= 0.6 is 23.2 Å². The van der Waals surface area contributed by atoms with Gasteiger partial charge in [0.25, 0.3) is 0 Å². The van der Waals surface area contributed by atoms with Crippen LogP contribution in [0.2, 0.25) is 10.0 Å². The first kappa shape index (κ1) is 22.4. The Morgan fingerprint density at radius 1 is 1.16 bits per heavy atom. The van der Waals surface area contributed by atoms with Crippen LogP contribution in [0.4, 0.5) is 16.2 Å². The van der Waals surface area contributed by atoms with Crippen molar-refractivity contribution >= 4 is 40.6 Å². The summed E-state index contributed by atoms with van der Waals surface area (Å²) >= 11 is 12.3. The van der Waals surface area contributed by atoms with E-state index in [0.717, 1.165) is 0 Å². The number of carbonyl (C=O) groups excluding carboxylic acids is 1. The lowest BCUT2D eigenvalue weighted by molar-refractivity contribution is -0.00384. The second-order valence-corrected chi connectivity index (χ2v) is 8.37. The summed E-state index contributed by atoms with van der Waals surface area (Å²) in [5.41, 5.74) is 2.59. The number of nitrogens with one attached hydrogen (secondary N) is 2. The molecule has 1 aliphatic rings. The molecule has 0 atom stereocenters. The van der Waals surface area contributed by atoms with Gasteiger partial charge in [-0.2, -0.15) is 5.10 Å². The van der Waals surface area contributed by atoms with Crippen LogP contribution in [0.3, 0.4) is 0 Å². The number of hydrogen-bond donors (Lipinski definition) is 3. The zero-order valence-corrected chi connectivity index (χ0v) is 18.9. The van der Waals surface area contributed by atoms with Crippen molar-refractivity contribution in [2.75, 3.05) is 36.9 Å². The number of carbonyl (C=O) groups is 1. The van der Waals surface area contributed by atoms with Crippen molar-refractivity contribution in [2.45, 2.75) is 6.10 Å². The summed E-state index contributed by atoms with van der Waals surface area (Å²) in [6.07, 6.45) is 1.32. The van der Waals surface area contributed by atoms with Gasteiger partial charge in [-0.3, -0.25) is 9.58 Å². The molecule has 0 bridgehead atoms. The third-order valence-corrected chi connectivity index (χ3v) is 5.62. The van der Waals surface area contributed by atoms with Crippen molar-refractivity contribution in [2.24, 2.45) is 7.05 Å². The average molecular weight is 476 g/mol. The summed E-state index contributed by atoms with van der Waals surface area (Å²) in [5.74, 6) is 0.625. The molecule has 1 fully saturated rings. The Kier molecular flexibility index (Phi) is 6.86. The molecule has 8 nitrogen and oxygen atoms in total. The molecule has 3 aromatic rings. The van der Waals surface area contributed by atoms with E-state index in [9.17, 15) is 9.90 Å². The molecule has 2 aromatic carbocycles. The molecule has 32 heavy (non-hydrogen) atoms. The first-order chi connectivity index (χ1) is 15.4. The largest absolute Gasteiger partial charge is 0.492 e. The fourth-order valence-electron chi connectivity index (χ4n) is 3.47. The fraction of sp³-hybridized carbons (Fsp3) is 0.273. The van der Waals surface area contributed by atoms with Crippen LogP contribution in [0.1, 0.15) is 0 Å². The lowest BCUT2D eigenvalue weighted by Gasteiger charge is -2.35. The Hall–Kier alpha value is -2.78. The highest BCUT2D eigenvalue weighted by Crippen LogP contribution is 2.36. The standard InChI is InChI=1S/C22H23Cl2N5O3/c1-28-21(19(24)11-25-28)18-10-16(27-22(31)26-15-4-2-14(23)3-5-15)6-7-20(18)32-9-8-29-12-17(30)13-29/h2-7,10-11,17,30H,8-9,12-13H2,1H3,(H2,26,27,31). The monoisotopic (exact) mass is 475 g/mol. The number of hydrogen-bond acceptors (Lipinski definition) is 5. The summed E-state index contributed by atoms with van der Waals surface area (Å²) in [6, 6.07) is 11.8. The first-order valence-electron chi connectivity index (χ1n) is 10.1. The number of nitrogens with zero attached hydrogens (tertiary/aromatic N) is 3. The molecular formula is C22H23Cl2N5O3. The normalized spacial score (nSPS) is 14.1. The van der Waals surface area contributed by atoms with Crippen LogP contribution in [0, 0.1) is 0 Å². The molecule has 2 amide bonds. The highest BCUT2D eigenvalue weighted by molar-refractivity contribution is 6.33. The molecule has 2 heterocycles. The van der Waals surface area contributed by atoms with Gasteiger partial charge < -0.3 is 20.5 Å². The smallest absolute Gasteiger partial charge is 0.323 e. The molecule has 0 spiro atoms. The van der Waals surface area contributed by atoms with E-state index in [1.165, 1.54) is 0 Å². The number of urea groups is 1. The molecular weight excluding hydrogens is 453 g/mol. The van der Waals surface area contributed by atoms with E-state index in [2.05, 4.69) is 20.6 Å². The Bertz CT molecular complexity index is 1080. The third-order valence-electron chi connectivity index (χ3n) is 5.09. The Labute approximate surface area is 195 Å². The van der Waals surface area contributed by atoms with Crippen LogP contribution in [-0.2, 0) is 7.05 Å². The lowest BCUT2D eigenvalue weighted by atomic mass is 10.1. The number of β-amino-alcohol motifs (C(OH)–C–C–N with tert-alkyl or cyclic N) is 1. The van der Waals surface area contributed by atoms with Gasteiger partial charge in [0, 0.05) is 48.6 Å². The fourth-order valence-corrected chi connectivity index (χ4v) is 3.86. The van der Waals surface area contributed by atoms with Crippen molar-refractivity contribution in [1.82, 2.24) is 14.7 Å². The number of halogens is 2. The van der Waals surface area contributed by atoms with Gasteiger partial charge in [0.15, 0.2) is 0 Å². The van der Waals surface area contributed by atoms with Crippen LogP contribution in [-0.4, -0.2) is 58.2 Å². The van der Waals surface area contributed by atoms with Gasteiger partial charge >= 0.3 is 6.03 Å². The summed E-state index contributed by atoms with van der Waals surface area (Å²) in [6.45, 7) is 2.49. The van der Waals surface area contributed by atoms with E-state index in [1.807, 2.05) is 0 Å². The molecule has 1 aromatic heterocycles. The van der Waals surface area contributed by atoms with Crippen LogP contribution < -0.4 is 15.4 Å². The molecule has 0 saturated carbocycles. The Morgan fingerprint density at radius 2 is 1.84 bits per heavy atom. The van der Waals surface area contributed by atoms with Crippen LogP contribution in [0.25, 0.3) is 11.3 Å². The van der Waals surface area contributed by atoms with Crippen molar-refractivity contribution < 1.29 is 14.6 Å². The molecule has 4 rings (SSSR count). The number of benzene rings is 2. The highest BCUT2D eigenvalue weighted by Gasteiger charge is 2.24. The minimum atomic E-state index is -0.389. The van der Waals surface area contributed by atoms with Crippen LogP contribution in [0.5, 0.6) is 5.75 Å². The second-order valence-electron chi connectivity index (χ2n) is 7.52. The maximum Gasteiger partial charge on any atom is 0.323 e. The molecule has 1 aliphatic heterocycles. The summed E-state index contributed by atoms with van der Waals surface area (Å²) < 4.78 is 7.68. The van der Waals surface area contributed by atoms with Gasteiger partial charge in [-0.1, -0.05) is 23.2 Å². The number of amides is 2. The molecule has 0 radical (unpaired) electrons. The number of aromatic nitrogens is 2. The number of anilines is 2. The van der Waals surface area contributed by atoms with Crippen molar-refractivity contribution in [1.29, 1.82) is 0 Å². The van der Waals surface area contributed by atoms with Gasteiger partial charge in [-0.15, -0.1) is 0 Å². The maximum absolute atomic E-state index is 12.4. The first-order valence-corrected chi connectivity index (χ1v) is 10.8. The minimum Gasteiger partial charge on any atom is -0.492 e. The van der Waals surface area contributed by atoms with Crippen molar-refractivity contribution in [3.63, 3.8) is 0 Å². The van der Waals surface area contributed by atoms with Crippen molar-refractivity contribution in [3.05, 3.63) is 58.7 Å². The highest BCUT2D eigenvalue weighted by atomic mass is 35.5. The zero-order valence-electron chi connectivity index (χ0n) is 17.4. The second kappa shape index (κ2) is 9.79. The molecule has 3 N–H and O–H groups in total. The maximum atomic E-state index is 12.4. The number of aryl methyl sites for hydroxylation is 1. The number of aliphatic hydroxyl groups is 1. The van der Waals surface area contributed by atoms with Gasteiger partial charge in [0.05, 0.1) is 23.0 Å². The predicted molar refractivity (Wildman–Crippen MR) is 126 cm³/mol. The number of rotatable bonds is 7. The molecule has 1 saturated heterocycles. The third kappa shape index (κ3) is 5.34. The predicted octanol–water partition coefficient (Wildman–Crippen LogP) is 4.09. The van der Waals surface area contributed by atoms with E-state index in [4.69, 9.17) is 27.9 Å². The van der Waals surface area contributed by atoms with Crippen molar-refractivity contribution in [3.8, 4) is 17.0 Å². The van der Waals surface area contributed by atoms with E-state index >= 15 is 0 Å². The Morgan fingerprint density at radius 3 is 2.50 bits per heavy atom. The van der Waals surface area contributed by atoms with E-state index < -0.39 is 0 Å². The number of likely N-dealkylation sites (tertiary alicyclic amines) is 1.